The minimum absolute atomic E-state index is 0.0447. The summed E-state index contributed by atoms with van der Waals surface area (Å²) in [5.74, 6) is 0.862. The molecule has 4 aliphatic rings. The van der Waals surface area contributed by atoms with Crippen LogP contribution in [0.2, 0.25) is 0 Å². The predicted octanol–water partition coefficient (Wildman–Crippen LogP) is 0.564. The lowest BCUT2D eigenvalue weighted by molar-refractivity contribution is -0.142. The van der Waals surface area contributed by atoms with Gasteiger partial charge in [-0.15, -0.1) is 0 Å². The molecular formula is C14H17NO3. The lowest BCUT2D eigenvalue weighted by Crippen LogP contribution is -2.42. The van der Waals surface area contributed by atoms with E-state index < -0.39 is 0 Å². The van der Waals surface area contributed by atoms with Crippen molar-refractivity contribution in [3.05, 3.63) is 12.2 Å². The Morgan fingerprint density at radius 2 is 1.61 bits per heavy atom. The molecule has 1 heterocycles. The van der Waals surface area contributed by atoms with Crippen molar-refractivity contribution in [1.29, 1.82) is 0 Å². The number of amides is 2. The average molecular weight is 247 g/mol. The zero-order valence-corrected chi connectivity index (χ0v) is 10.2. The zero-order chi connectivity index (χ0) is 12.4. The number of rotatable bonds is 2. The van der Waals surface area contributed by atoms with Crippen LogP contribution in [0.5, 0.6) is 0 Å². The quantitative estimate of drug-likeness (QED) is 0.573. The van der Waals surface area contributed by atoms with Crippen LogP contribution in [0.1, 0.15) is 19.3 Å². The summed E-state index contributed by atoms with van der Waals surface area (Å²) >= 11 is 0. The van der Waals surface area contributed by atoms with Crippen molar-refractivity contribution in [3.8, 4) is 0 Å². The summed E-state index contributed by atoms with van der Waals surface area (Å²) in [5.41, 5.74) is 0. The predicted molar refractivity (Wildman–Crippen MR) is 63.2 cm³/mol. The van der Waals surface area contributed by atoms with Gasteiger partial charge in [0.05, 0.1) is 17.9 Å². The van der Waals surface area contributed by atoms with Crippen LogP contribution in [-0.2, 0) is 9.59 Å². The molecule has 4 rings (SSSR count). The highest BCUT2D eigenvalue weighted by molar-refractivity contribution is 6.06. The van der Waals surface area contributed by atoms with Crippen molar-refractivity contribution >= 4 is 11.8 Å². The average Bonchev–Trinajstić information content (AvgIpc) is 2.95. The molecule has 0 radical (unpaired) electrons. The van der Waals surface area contributed by atoms with Crippen molar-refractivity contribution in [3.63, 3.8) is 0 Å². The van der Waals surface area contributed by atoms with Gasteiger partial charge in [0.25, 0.3) is 0 Å². The molecule has 1 N–H and O–H groups in total. The van der Waals surface area contributed by atoms with Crippen molar-refractivity contribution in [2.24, 2.45) is 29.6 Å². The minimum Gasteiger partial charge on any atom is -0.393 e. The van der Waals surface area contributed by atoms with E-state index in [2.05, 4.69) is 12.2 Å². The van der Waals surface area contributed by atoms with Crippen LogP contribution in [-0.4, -0.2) is 34.5 Å². The van der Waals surface area contributed by atoms with Crippen molar-refractivity contribution in [1.82, 2.24) is 4.90 Å². The van der Waals surface area contributed by atoms with E-state index in [9.17, 15) is 14.7 Å². The zero-order valence-electron chi connectivity index (χ0n) is 10.2. The van der Waals surface area contributed by atoms with Gasteiger partial charge in [-0.1, -0.05) is 12.2 Å². The molecule has 0 aromatic heterocycles. The maximum atomic E-state index is 12.4. The van der Waals surface area contributed by atoms with E-state index in [1.54, 1.807) is 0 Å². The van der Waals surface area contributed by atoms with E-state index in [-0.39, 0.29) is 29.8 Å². The second-order valence-electron chi connectivity index (χ2n) is 6.28. The number of aliphatic hydroxyl groups excluding tert-OH is 1. The van der Waals surface area contributed by atoms with Gasteiger partial charge in [0.1, 0.15) is 0 Å². The van der Waals surface area contributed by atoms with Crippen LogP contribution < -0.4 is 0 Å². The van der Waals surface area contributed by atoms with E-state index in [0.717, 1.165) is 19.3 Å². The first-order valence-corrected chi connectivity index (χ1v) is 6.86. The third-order valence-corrected chi connectivity index (χ3v) is 5.21. The summed E-state index contributed by atoms with van der Waals surface area (Å²) in [6.07, 6.45) is 6.47. The highest BCUT2D eigenvalue weighted by Gasteiger charge is 2.59. The number of carbonyl (C=O) groups is 2. The van der Waals surface area contributed by atoms with Gasteiger partial charge in [-0.25, -0.2) is 0 Å². The van der Waals surface area contributed by atoms with Gasteiger partial charge in [-0.05, 0) is 37.0 Å². The summed E-state index contributed by atoms with van der Waals surface area (Å²) in [7, 11) is 0. The highest BCUT2D eigenvalue weighted by atomic mass is 16.3. The molecule has 1 saturated heterocycles. The first kappa shape index (κ1) is 10.7. The smallest absolute Gasteiger partial charge is 0.233 e. The third kappa shape index (κ3) is 1.24. The Balaban J connectivity index is 1.53. The maximum absolute atomic E-state index is 12.4. The number of hydrogen-bond donors (Lipinski definition) is 1. The van der Waals surface area contributed by atoms with Gasteiger partial charge in [0, 0.05) is 6.54 Å². The van der Waals surface area contributed by atoms with Crippen molar-refractivity contribution < 1.29 is 14.7 Å². The molecule has 4 nitrogen and oxygen atoms in total. The first-order valence-electron chi connectivity index (χ1n) is 6.86. The van der Waals surface area contributed by atoms with Crippen LogP contribution in [0.25, 0.3) is 0 Å². The second kappa shape index (κ2) is 3.44. The molecule has 4 atom stereocenters. The minimum atomic E-state index is -0.222. The molecular weight excluding hydrogens is 230 g/mol. The van der Waals surface area contributed by atoms with Crippen LogP contribution in [0.4, 0.5) is 0 Å². The topological polar surface area (TPSA) is 57.6 Å². The number of fused-ring (bicyclic) bond motifs is 5. The normalized spacial score (nSPS) is 48.8. The second-order valence-corrected chi connectivity index (χ2v) is 6.28. The number of allylic oxidation sites excluding steroid dienone is 2. The molecule has 0 aromatic carbocycles. The summed E-state index contributed by atoms with van der Waals surface area (Å²) in [6, 6.07) is 0. The molecule has 0 aromatic rings. The molecule has 2 saturated carbocycles. The molecule has 4 unspecified atom stereocenters. The fourth-order valence-electron chi connectivity index (χ4n) is 4.25. The van der Waals surface area contributed by atoms with Crippen LogP contribution in [0.3, 0.4) is 0 Å². The maximum Gasteiger partial charge on any atom is 0.233 e. The summed E-state index contributed by atoms with van der Waals surface area (Å²) in [4.78, 5) is 26.2. The number of hydrogen-bond acceptors (Lipinski definition) is 3. The molecule has 2 amide bonds. The fourth-order valence-corrected chi connectivity index (χ4v) is 4.25. The Morgan fingerprint density at radius 1 is 1.06 bits per heavy atom. The van der Waals surface area contributed by atoms with Gasteiger partial charge in [0.15, 0.2) is 0 Å². The fraction of sp³-hybridized carbons (Fsp3) is 0.714. The van der Waals surface area contributed by atoms with Gasteiger partial charge in [-0.3, -0.25) is 14.5 Å². The Bertz CT molecular complexity index is 422. The standard InChI is InChI=1S/C14H17NO3/c16-10-3-7(4-10)6-15-13(17)11-8-1-2-9(5-8)12(11)14(15)18/h1-2,7-12,16H,3-6H2. The first-order chi connectivity index (χ1) is 8.65. The molecule has 18 heavy (non-hydrogen) atoms. The SMILES string of the molecule is O=C1C2C3C=CC(C3)C2C(=O)N1CC1CC(O)C1. The largest absolute Gasteiger partial charge is 0.393 e. The molecule has 96 valence electrons. The highest BCUT2D eigenvalue weighted by Crippen LogP contribution is 2.52. The number of nitrogens with zero attached hydrogens (tertiary/aromatic N) is 1. The third-order valence-electron chi connectivity index (χ3n) is 5.21. The molecule has 3 aliphatic carbocycles. The number of imide groups is 1. The van der Waals surface area contributed by atoms with E-state index >= 15 is 0 Å². The molecule has 1 aliphatic heterocycles. The molecule has 4 heteroatoms. The summed E-state index contributed by atoms with van der Waals surface area (Å²) in [5, 5.41) is 9.28. The Labute approximate surface area is 106 Å². The van der Waals surface area contributed by atoms with Crippen molar-refractivity contribution in [2.75, 3.05) is 6.54 Å². The molecule has 2 bridgehead atoms. The lowest BCUT2D eigenvalue weighted by Gasteiger charge is -2.34. The van der Waals surface area contributed by atoms with Crippen LogP contribution in [0, 0.1) is 29.6 Å². The van der Waals surface area contributed by atoms with E-state index in [0.29, 0.717) is 24.3 Å². The Hall–Kier alpha value is -1.16. The van der Waals surface area contributed by atoms with Crippen LogP contribution >= 0.6 is 0 Å². The summed E-state index contributed by atoms with van der Waals surface area (Å²) in [6.45, 7) is 0.529. The Morgan fingerprint density at radius 3 is 2.11 bits per heavy atom. The lowest BCUT2D eigenvalue weighted by atomic mass is 9.82. The van der Waals surface area contributed by atoms with Gasteiger partial charge >= 0.3 is 0 Å². The van der Waals surface area contributed by atoms with E-state index in [4.69, 9.17) is 0 Å². The van der Waals surface area contributed by atoms with Gasteiger partial charge in [-0.2, -0.15) is 0 Å². The monoisotopic (exact) mass is 247 g/mol. The number of carbonyl (C=O) groups excluding carboxylic acids is 2. The van der Waals surface area contributed by atoms with Gasteiger partial charge < -0.3 is 5.11 Å². The molecule has 3 fully saturated rings. The summed E-state index contributed by atoms with van der Waals surface area (Å²) < 4.78 is 0. The van der Waals surface area contributed by atoms with Crippen LogP contribution in [0.15, 0.2) is 12.2 Å². The van der Waals surface area contributed by atoms with Gasteiger partial charge in [0.2, 0.25) is 11.8 Å². The van der Waals surface area contributed by atoms with E-state index in [1.165, 1.54) is 4.90 Å². The Kier molecular flexibility index (Phi) is 2.05. The number of aliphatic hydroxyl groups is 1. The van der Waals surface area contributed by atoms with Crippen molar-refractivity contribution in [2.45, 2.75) is 25.4 Å². The molecule has 0 spiro atoms. The number of likely N-dealkylation sites (tertiary alicyclic amines) is 1. The van der Waals surface area contributed by atoms with E-state index in [1.807, 2.05) is 0 Å².